The van der Waals surface area contributed by atoms with Crippen LogP contribution in [0.15, 0.2) is 48.5 Å². The molecule has 2 aliphatic heterocycles. The van der Waals surface area contributed by atoms with Crippen LogP contribution in [0.5, 0.6) is 11.5 Å². The van der Waals surface area contributed by atoms with Gasteiger partial charge < -0.3 is 14.4 Å². The molecule has 0 saturated carbocycles. The Hall–Kier alpha value is -3.28. The first kappa shape index (κ1) is 15.9. The minimum absolute atomic E-state index is 0.00846. The summed E-state index contributed by atoms with van der Waals surface area (Å²) in [6.07, 6.45) is 0.795. The van der Waals surface area contributed by atoms with Gasteiger partial charge in [-0.1, -0.05) is 30.3 Å². The Morgan fingerprint density at radius 3 is 2.74 bits per heavy atom. The summed E-state index contributed by atoms with van der Waals surface area (Å²) < 4.78 is 12.6. The van der Waals surface area contributed by atoms with Gasteiger partial charge in [0.2, 0.25) is 6.79 Å². The van der Waals surface area contributed by atoms with Gasteiger partial charge in [-0.05, 0) is 24.6 Å². The molecule has 6 nitrogen and oxygen atoms in total. The summed E-state index contributed by atoms with van der Waals surface area (Å²) in [7, 11) is 1.96. The molecule has 1 aromatic heterocycles. The van der Waals surface area contributed by atoms with E-state index in [1.807, 2.05) is 34.8 Å². The van der Waals surface area contributed by atoms with Gasteiger partial charge in [0.1, 0.15) is 0 Å². The molecule has 0 radical (unpaired) electrons. The van der Waals surface area contributed by atoms with Crippen LogP contribution in [-0.4, -0.2) is 33.9 Å². The number of fused-ring (bicyclic) bond motifs is 2. The molecule has 0 N–H and O–H groups in total. The molecule has 0 spiro atoms. The molecule has 136 valence electrons. The third-order valence-corrected chi connectivity index (χ3v) is 5.15. The average Bonchev–Trinajstić information content (AvgIpc) is 3.30. The van der Waals surface area contributed by atoms with Crippen LogP contribution in [0.1, 0.15) is 21.6 Å². The fraction of sp³-hybridized carbons (Fsp3) is 0.238. The molecule has 3 aromatic rings. The number of amides is 1. The number of aryl methyl sites for hydroxylation is 1. The van der Waals surface area contributed by atoms with Crippen LogP contribution < -0.4 is 9.47 Å². The summed E-state index contributed by atoms with van der Waals surface area (Å²) in [5.41, 5.74) is 5.11. The highest BCUT2D eigenvalue weighted by Crippen LogP contribution is 2.34. The van der Waals surface area contributed by atoms with Gasteiger partial charge in [-0.15, -0.1) is 0 Å². The second-order valence-corrected chi connectivity index (χ2v) is 6.81. The Labute approximate surface area is 156 Å². The van der Waals surface area contributed by atoms with Crippen molar-refractivity contribution in [3.05, 3.63) is 65.4 Å². The van der Waals surface area contributed by atoms with Gasteiger partial charge in [-0.2, -0.15) is 5.10 Å². The maximum absolute atomic E-state index is 13.0. The smallest absolute Gasteiger partial charge is 0.254 e. The largest absolute Gasteiger partial charge is 0.454 e. The highest BCUT2D eigenvalue weighted by atomic mass is 16.7. The quantitative estimate of drug-likeness (QED) is 0.704. The van der Waals surface area contributed by atoms with Crippen LogP contribution in [0, 0.1) is 0 Å². The van der Waals surface area contributed by atoms with Crippen molar-refractivity contribution in [2.24, 2.45) is 7.05 Å². The Bertz CT molecular complexity index is 1030. The SMILES string of the molecule is Cn1nc2c(c1-c1ccccc1)CCN(C(=O)c1ccc3c(c1)OCO3)C2. The van der Waals surface area contributed by atoms with E-state index in [0.29, 0.717) is 30.2 Å². The standard InChI is InChI=1S/C21H19N3O3/c1-23-20(14-5-3-2-4-6-14)16-9-10-24(12-17(16)22-23)21(25)15-7-8-18-19(11-15)27-13-26-18/h2-8,11H,9-10,12-13H2,1H3. The van der Waals surface area contributed by atoms with E-state index in [4.69, 9.17) is 9.47 Å². The molecule has 0 saturated heterocycles. The number of rotatable bonds is 2. The van der Waals surface area contributed by atoms with Crippen molar-refractivity contribution in [2.75, 3.05) is 13.3 Å². The van der Waals surface area contributed by atoms with E-state index in [9.17, 15) is 4.79 Å². The molecule has 0 bridgehead atoms. The van der Waals surface area contributed by atoms with E-state index in [2.05, 4.69) is 17.2 Å². The number of hydrogen-bond donors (Lipinski definition) is 0. The van der Waals surface area contributed by atoms with Crippen molar-refractivity contribution in [1.29, 1.82) is 0 Å². The van der Waals surface area contributed by atoms with E-state index in [1.54, 1.807) is 18.2 Å². The van der Waals surface area contributed by atoms with Gasteiger partial charge in [0.25, 0.3) is 5.91 Å². The number of carbonyl (C=O) groups is 1. The first-order valence-electron chi connectivity index (χ1n) is 9.00. The Kier molecular flexibility index (Phi) is 3.63. The van der Waals surface area contributed by atoms with E-state index in [1.165, 1.54) is 5.56 Å². The number of ether oxygens (including phenoxy) is 2. The highest BCUT2D eigenvalue weighted by Gasteiger charge is 2.28. The van der Waals surface area contributed by atoms with E-state index in [-0.39, 0.29) is 12.7 Å². The summed E-state index contributed by atoms with van der Waals surface area (Å²) in [4.78, 5) is 14.8. The van der Waals surface area contributed by atoms with Crippen LogP contribution in [0.25, 0.3) is 11.3 Å². The number of nitrogens with zero attached hydrogens (tertiary/aromatic N) is 3. The van der Waals surface area contributed by atoms with Gasteiger partial charge in [-0.3, -0.25) is 9.48 Å². The predicted octanol–water partition coefficient (Wildman–Crippen LogP) is 3.01. The molecular weight excluding hydrogens is 342 g/mol. The van der Waals surface area contributed by atoms with E-state index in [0.717, 1.165) is 23.4 Å². The van der Waals surface area contributed by atoms with E-state index < -0.39 is 0 Å². The molecule has 3 heterocycles. The van der Waals surface area contributed by atoms with Crippen molar-refractivity contribution < 1.29 is 14.3 Å². The number of hydrogen-bond acceptors (Lipinski definition) is 4. The first-order chi connectivity index (χ1) is 13.2. The molecule has 0 atom stereocenters. The molecule has 6 heteroatoms. The lowest BCUT2D eigenvalue weighted by Crippen LogP contribution is -2.35. The Morgan fingerprint density at radius 2 is 1.89 bits per heavy atom. The number of benzene rings is 2. The minimum atomic E-state index is -0.00846. The summed E-state index contributed by atoms with van der Waals surface area (Å²) in [5, 5.41) is 4.69. The van der Waals surface area contributed by atoms with Crippen LogP contribution >= 0.6 is 0 Å². The minimum Gasteiger partial charge on any atom is -0.454 e. The number of carbonyl (C=O) groups excluding carboxylic acids is 1. The van der Waals surface area contributed by atoms with Gasteiger partial charge in [-0.25, -0.2) is 0 Å². The van der Waals surface area contributed by atoms with Crippen LogP contribution in [0.3, 0.4) is 0 Å². The third kappa shape index (κ3) is 2.65. The summed E-state index contributed by atoms with van der Waals surface area (Å²) in [6, 6.07) is 15.6. The van der Waals surface area contributed by atoms with Gasteiger partial charge in [0, 0.05) is 30.3 Å². The van der Waals surface area contributed by atoms with Gasteiger partial charge in [0.05, 0.1) is 17.9 Å². The van der Waals surface area contributed by atoms with Crippen LogP contribution in [-0.2, 0) is 20.0 Å². The fourth-order valence-electron chi connectivity index (χ4n) is 3.86. The second kappa shape index (κ2) is 6.16. The average molecular weight is 361 g/mol. The lowest BCUT2D eigenvalue weighted by molar-refractivity contribution is 0.0732. The molecule has 5 rings (SSSR count). The Balaban J connectivity index is 1.43. The van der Waals surface area contributed by atoms with Crippen molar-refractivity contribution in [3.8, 4) is 22.8 Å². The monoisotopic (exact) mass is 361 g/mol. The summed E-state index contributed by atoms with van der Waals surface area (Å²) in [5.74, 6) is 1.30. The first-order valence-corrected chi connectivity index (χ1v) is 9.00. The molecule has 0 fully saturated rings. The maximum Gasteiger partial charge on any atom is 0.254 e. The van der Waals surface area contributed by atoms with Crippen molar-refractivity contribution in [1.82, 2.24) is 14.7 Å². The third-order valence-electron chi connectivity index (χ3n) is 5.15. The Morgan fingerprint density at radius 1 is 1.07 bits per heavy atom. The fourth-order valence-corrected chi connectivity index (χ4v) is 3.86. The van der Waals surface area contributed by atoms with Gasteiger partial charge >= 0.3 is 0 Å². The molecule has 0 unspecified atom stereocenters. The van der Waals surface area contributed by atoms with Gasteiger partial charge in [0.15, 0.2) is 11.5 Å². The van der Waals surface area contributed by atoms with Crippen LogP contribution in [0.4, 0.5) is 0 Å². The molecule has 0 aliphatic carbocycles. The zero-order valence-corrected chi connectivity index (χ0v) is 15.0. The zero-order valence-electron chi connectivity index (χ0n) is 15.0. The molecule has 2 aliphatic rings. The van der Waals surface area contributed by atoms with Crippen molar-refractivity contribution in [2.45, 2.75) is 13.0 Å². The van der Waals surface area contributed by atoms with E-state index >= 15 is 0 Å². The van der Waals surface area contributed by atoms with Crippen molar-refractivity contribution >= 4 is 5.91 Å². The lowest BCUT2D eigenvalue weighted by atomic mass is 9.99. The zero-order chi connectivity index (χ0) is 18.4. The summed E-state index contributed by atoms with van der Waals surface area (Å²) in [6.45, 7) is 1.39. The van der Waals surface area contributed by atoms with Crippen molar-refractivity contribution in [3.63, 3.8) is 0 Å². The normalized spacial score (nSPS) is 14.9. The lowest BCUT2D eigenvalue weighted by Gasteiger charge is -2.26. The predicted molar refractivity (Wildman–Crippen MR) is 99.7 cm³/mol. The molecule has 27 heavy (non-hydrogen) atoms. The topological polar surface area (TPSA) is 56.6 Å². The second-order valence-electron chi connectivity index (χ2n) is 6.81. The van der Waals surface area contributed by atoms with Crippen LogP contribution in [0.2, 0.25) is 0 Å². The number of aromatic nitrogens is 2. The summed E-state index contributed by atoms with van der Waals surface area (Å²) >= 11 is 0. The molecule has 1 amide bonds. The maximum atomic E-state index is 13.0. The molecule has 2 aromatic carbocycles. The highest BCUT2D eigenvalue weighted by molar-refractivity contribution is 5.95. The molecular formula is C21H19N3O3.